The van der Waals surface area contributed by atoms with E-state index >= 15 is 0 Å². The lowest BCUT2D eigenvalue weighted by Crippen LogP contribution is -2.38. The summed E-state index contributed by atoms with van der Waals surface area (Å²) >= 11 is 1.61. The van der Waals surface area contributed by atoms with E-state index in [9.17, 15) is 4.39 Å². The molecule has 0 bridgehead atoms. The molecule has 1 aromatic carbocycles. The third-order valence-corrected chi connectivity index (χ3v) is 4.16. The highest BCUT2D eigenvalue weighted by Gasteiger charge is 2.10. The molecule has 0 aliphatic heterocycles. The van der Waals surface area contributed by atoms with Crippen LogP contribution in [0.4, 0.5) is 4.39 Å². The van der Waals surface area contributed by atoms with Gasteiger partial charge in [-0.05, 0) is 32.0 Å². The van der Waals surface area contributed by atoms with Crippen LogP contribution >= 0.6 is 11.3 Å². The maximum absolute atomic E-state index is 13.9. The Kier molecular flexibility index (Phi) is 6.27. The molecule has 5 nitrogen and oxygen atoms in total. The Morgan fingerprint density at radius 3 is 2.92 bits per heavy atom. The standard InChI is InChI=1S/C17H20FN5S/c1-4-20-17(23(3)10-15-11-24-12(2)22-15)21-9-14-7-13(8-19)5-6-16(14)18/h5-7,11H,4,9-10H2,1-3H3,(H,20,21). The number of guanidine groups is 1. The minimum atomic E-state index is -0.355. The summed E-state index contributed by atoms with van der Waals surface area (Å²) in [5, 5.41) is 15.2. The van der Waals surface area contributed by atoms with Crippen LogP contribution < -0.4 is 5.32 Å². The summed E-state index contributed by atoms with van der Waals surface area (Å²) in [4.78, 5) is 10.9. The van der Waals surface area contributed by atoms with Crippen LogP contribution in [-0.2, 0) is 13.1 Å². The highest BCUT2D eigenvalue weighted by atomic mass is 32.1. The van der Waals surface area contributed by atoms with Gasteiger partial charge in [-0.25, -0.2) is 14.4 Å². The predicted octanol–water partition coefficient (Wildman–Crippen LogP) is 3.06. The number of nitriles is 1. The third kappa shape index (κ3) is 4.77. The Hall–Kier alpha value is -2.46. The smallest absolute Gasteiger partial charge is 0.194 e. The van der Waals surface area contributed by atoms with Crippen molar-refractivity contribution < 1.29 is 4.39 Å². The number of rotatable bonds is 5. The van der Waals surface area contributed by atoms with E-state index in [1.54, 1.807) is 11.3 Å². The van der Waals surface area contributed by atoms with E-state index in [-0.39, 0.29) is 12.4 Å². The Morgan fingerprint density at radius 2 is 2.29 bits per heavy atom. The second-order valence-electron chi connectivity index (χ2n) is 5.30. The van der Waals surface area contributed by atoms with E-state index in [1.807, 2.05) is 37.2 Å². The average molecular weight is 345 g/mol. The minimum absolute atomic E-state index is 0.171. The minimum Gasteiger partial charge on any atom is -0.357 e. The first kappa shape index (κ1) is 17.9. The van der Waals surface area contributed by atoms with Gasteiger partial charge in [0.2, 0.25) is 0 Å². The van der Waals surface area contributed by atoms with Gasteiger partial charge in [0.15, 0.2) is 5.96 Å². The van der Waals surface area contributed by atoms with Crippen LogP contribution in [0.25, 0.3) is 0 Å². The summed E-state index contributed by atoms with van der Waals surface area (Å²) in [5.41, 5.74) is 1.81. The van der Waals surface area contributed by atoms with Crippen LogP contribution in [0.3, 0.4) is 0 Å². The molecule has 0 radical (unpaired) electrons. The van der Waals surface area contributed by atoms with Gasteiger partial charge in [0, 0.05) is 24.5 Å². The summed E-state index contributed by atoms with van der Waals surface area (Å²) in [5.74, 6) is 0.316. The van der Waals surface area contributed by atoms with Crippen molar-refractivity contribution in [1.82, 2.24) is 15.2 Å². The van der Waals surface area contributed by atoms with E-state index in [0.717, 1.165) is 10.7 Å². The van der Waals surface area contributed by atoms with Crippen LogP contribution in [0, 0.1) is 24.1 Å². The van der Waals surface area contributed by atoms with Gasteiger partial charge < -0.3 is 10.2 Å². The van der Waals surface area contributed by atoms with Crippen molar-refractivity contribution in [2.75, 3.05) is 13.6 Å². The molecule has 24 heavy (non-hydrogen) atoms. The molecule has 0 spiro atoms. The first-order chi connectivity index (χ1) is 11.5. The number of aryl methyl sites for hydroxylation is 1. The normalized spacial score (nSPS) is 11.2. The zero-order valence-electron chi connectivity index (χ0n) is 14.0. The summed E-state index contributed by atoms with van der Waals surface area (Å²) in [6, 6.07) is 6.32. The number of hydrogen-bond acceptors (Lipinski definition) is 4. The molecule has 7 heteroatoms. The SMILES string of the molecule is CCNC(=NCc1cc(C#N)ccc1F)N(C)Cc1csc(C)n1. The van der Waals surface area contributed by atoms with E-state index in [2.05, 4.69) is 15.3 Å². The van der Waals surface area contributed by atoms with Crippen molar-refractivity contribution in [2.24, 2.45) is 4.99 Å². The highest BCUT2D eigenvalue weighted by molar-refractivity contribution is 7.09. The predicted molar refractivity (Wildman–Crippen MR) is 94.2 cm³/mol. The van der Waals surface area contributed by atoms with Crippen LogP contribution in [0.5, 0.6) is 0 Å². The number of hydrogen-bond donors (Lipinski definition) is 1. The fourth-order valence-corrected chi connectivity index (χ4v) is 2.80. The summed E-state index contributed by atoms with van der Waals surface area (Å²) in [6.07, 6.45) is 0. The van der Waals surface area contributed by atoms with Crippen molar-refractivity contribution in [3.63, 3.8) is 0 Å². The molecule has 1 heterocycles. The zero-order valence-corrected chi connectivity index (χ0v) is 14.8. The van der Waals surface area contributed by atoms with Crippen LogP contribution in [0.2, 0.25) is 0 Å². The van der Waals surface area contributed by atoms with Gasteiger partial charge in [0.1, 0.15) is 5.82 Å². The molecule has 2 aromatic rings. The lowest BCUT2D eigenvalue weighted by molar-refractivity contribution is 0.470. The zero-order chi connectivity index (χ0) is 17.5. The maximum Gasteiger partial charge on any atom is 0.194 e. The van der Waals surface area contributed by atoms with Crippen molar-refractivity contribution in [3.8, 4) is 6.07 Å². The summed E-state index contributed by atoms with van der Waals surface area (Å²) in [7, 11) is 1.91. The largest absolute Gasteiger partial charge is 0.357 e. The Bertz CT molecular complexity index is 763. The number of aliphatic imine (C=N–C) groups is 1. The fraction of sp³-hybridized carbons (Fsp3) is 0.353. The lowest BCUT2D eigenvalue weighted by Gasteiger charge is -2.21. The number of nitrogens with one attached hydrogen (secondary N) is 1. The van der Waals surface area contributed by atoms with Gasteiger partial charge in [-0.1, -0.05) is 0 Å². The quantitative estimate of drug-likeness (QED) is 0.668. The number of thiazole rings is 1. The molecule has 0 unspecified atom stereocenters. The molecule has 1 N–H and O–H groups in total. The first-order valence-electron chi connectivity index (χ1n) is 7.62. The van der Waals surface area contributed by atoms with Gasteiger partial charge in [-0.15, -0.1) is 11.3 Å². The van der Waals surface area contributed by atoms with Crippen LogP contribution in [-0.4, -0.2) is 29.4 Å². The van der Waals surface area contributed by atoms with Crippen molar-refractivity contribution >= 4 is 17.3 Å². The second kappa shape index (κ2) is 8.41. The third-order valence-electron chi connectivity index (χ3n) is 3.34. The van der Waals surface area contributed by atoms with Gasteiger partial charge in [-0.3, -0.25) is 0 Å². The molecule has 2 rings (SSSR count). The number of benzene rings is 1. The topological polar surface area (TPSA) is 64.3 Å². The molecule has 1 aromatic heterocycles. The fourth-order valence-electron chi connectivity index (χ4n) is 2.19. The number of halogens is 1. The molecule has 126 valence electrons. The van der Waals surface area contributed by atoms with Crippen molar-refractivity contribution in [3.05, 3.63) is 51.2 Å². The van der Waals surface area contributed by atoms with Crippen molar-refractivity contribution in [2.45, 2.75) is 26.9 Å². The molecule has 0 aliphatic carbocycles. The van der Waals surface area contributed by atoms with Gasteiger partial charge in [-0.2, -0.15) is 5.26 Å². The van der Waals surface area contributed by atoms with Crippen LogP contribution in [0.1, 0.15) is 28.8 Å². The van der Waals surface area contributed by atoms with Gasteiger partial charge in [0.05, 0.1) is 35.4 Å². The maximum atomic E-state index is 13.9. The second-order valence-corrected chi connectivity index (χ2v) is 6.36. The molecule has 0 amide bonds. The molecule has 0 saturated heterocycles. The van der Waals surface area contributed by atoms with E-state index < -0.39 is 0 Å². The summed E-state index contributed by atoms with van der Waals surface area (Å²) < 4.78 is 13.9. The Balaban J connectivity index is 2.14. The van der Waals surface area contributed by atoms with E-state index in [1.165, 1.54) is 18.2 Å². The van der Waals surface area contributed by atoms with Crippen molar-refractivity contribution in [1.29, 1.82) is 5.26 Å². The highest BCUT2D eigenvalue weighted by Crippen LogP contribution is 2.13. The molecular weight excluding hydrogens is 325 g/mol. The molecular formula is C17H20FN5S. The number of nitrogens with zero attached hydrogens (tertiary/aromatic N) is 4. The molecule has 0 aliphatic rings. The first-order valence-corrected chi connectivity index (χ1v) is 8.50. The lowest BCUT2D eigenvalue weighted by atomic mass is 10.1. The number of aromatic nitrogens is 1. The molecule has 0 saturated carbocycles. The summed E-state index contributed by atoms with van der Waals surface area (Å²) in [6.45, 7) is 5.45. The van der Waals surface area contributed by atoms with E-state index in [0.29, 0.717) is 30.2 Å². The van der Waals surface area contributed by atoms with E-state index in [4.69, 9.17) is 5.26 Å². The van der Waals surface area contributed by atoms with Crippen LogP contribution in [0.15, 0.2) is 28.6 Å². The average Bonchev–Trinajstić information content (AvgIpc) is 2.97. The molecule has 0 atom stereocenters. The Labute approximate surface area is 145 Å². The molecule has 0 fully saturated rings. The van der Waals surface area contributed by atoms with Gasteiger partial charge >= 0.3 is 0 Å². The Morgan fingerprint density at radius 1 is 1.50 bits per heavy atom. The monoisotopic (exact) mass is 345 g/mol. The van der Waals surface area contributed by atoms with Gasteiger partial charge in [0.25, 0.3) is 0 Å².